The Labute approximate surface area is 157 Å². The molecular weight excluding hydrogens is 414 g/mol. The van der Waals surface area contributed by atoms with Crippen LogP contribution in [0.15, 0.2) is 30.3 Å². The molecule has 0 radical (unpaired) electrons. The molecule has 1 aliphatic heterocycles. The Hall–Kier alpha value is -2.50. The van der Waals surface area contributed by atoms with E-state index in [0.717, 1.165) is 10.1 Å². The molecule has 2 amide bonds. The topological polar surface area (TPSA) is 58.6 Å². The first kappa shape index (κ1) is 20.2. The maximum absolute atomic E-state index is 12.4. The number of nitrogens with zero attached hydrogens (tertiary/aromatic N) is 1. The number of rotatable bonds is 3. The van der Waals surface area contributed by atoms with Gasteiger partial charge in [-0.25, -0.2) is 4.79 Å². The summed E-state index contributed by atoms with van der Waals surface area (Å²) in [5, 5.41) is 3.43. The fourth-order valence-electron chi connectivity index (χ4n) is 2.56. The number of hydrogen-bond acceptors (Lipinski definition) is 4. The predicted molar refractivity (Wildman–Crippen MR) is 87.0 cm³/mol. The summed E-state index contributed by atoms with van der Waals surface area (Å²) in [4.78, 5) is 24.8. The Bertz CT molecular complexity index is 841. The molecule has 1 saturated heterocycles. The molecule has 1 aromatic carbocycles. The van der Waals surface area contributed by atoms with Gasteiger partial charge in [0.25, 0.3) is 12.0 Å². The second kappa shape index (κ2) is 7.15. The third-order valence-electron chi connectivity index (χ3n) is 3.94. The van der Waals surface area contributed by atoms with Crippen LogP contribution in [-0.4, -0.2) is 54.5 Å². The molecule has 0 atom stereocenters. The van der Waals surface area contributed by atoms with E-state index in [2.05, 4.69) is 10.1 Å². The highest BCUT2D eigenvalue weighted by atomic mass is 32.1. The summed E-state index contributed by atoms with van der Waals surface area (Å²) in [6, 6.07) is 8.33. The maximum atomic E-state index is 12.4. The van der Waals surface area contributed by atoms with Crippen LogP contribution in [0.1, 0.15) is 9.67 Å². The lowest BCUT2D eigenvalue weighted by Gasteiger charge is -2.39. The molecule has 0 unspecified atom stereocenters. The molecule has 0 spiro atoms. The number of alkyl halides is 6. The van der Waals surface area contributed by atoms with E-state index in [1.807, 2.05) is 18.2 Å². The smallest absolute Gasteiger partial charge is 0.426 e. The first-order chi connectivity index (χ1) is 12.9. The lowest BCUT2D eigenvalue weighted by Crippen LogP contribution is -2.62. The Morgan fingerprint density at radius 2 is 1.71 bits per heavy atom. The largest absolute Gasteiger partial charge is 0.434 e. The quantitative estimate of drug-likeness (QED) is 0.757. The van der Waals surface area contributed by atoms with Crippen molar-refractivity contribution in [1.82, 2.24) is 10.2 Å². The highest BCUT2D eigenvalue weighted by molar-refractivity contribution is 7.20. The molecule has 2 heterocycles. The molecule has 152 valence electrons. The Morgan fingerprint density at radius 3 is 2.29 bits per heavy atom. The van der Waals surface area contributed by atoms with Crippen molar-refractivity contribution in [2.75, 3.05) is 13.1 Å². The van der Waals surface area contributed by atoms with Gasteiger partial charge in [-0.05, 0) is 17.5 Å². The lowest BCUT2D eigenvalue weighted by atomic mass is 10.1. The van der Waals surface area contributed by atoms with E-state index < -0.39 is 36.5 Å². The summed E-state index contributed by atoms with van der Waals surface area (Å²) in [5.41, 5.74) is 0. The van der Waals surface area contributed by atoms with Crippen molar-refractivity contribution in [3.8, 4) is 0 Å². The molecule has 1 N–H and O–H groups in total. The average molecular weight is 426 g/mol. The number of carbonyl (C=O) groups is 2. The van der Waals surface area contributed by atoms with Gasteiger partial charge >= 0.3 is 18.4 Å². The zero-order chi connectivity index (χ0) is 20.7. The van der Waals surface area contributed by atoms with Crippen molar-refractivity contribution in [2.45, 2.75) is 24.5 Å². The second-order valence-electron chi connectivity index (χ2n) is 6.07. The molecule has 0 saturated carbocycles. The van der Waals surface area contributed by atoms with Gasteiger partial charge in [-0.15, -0.1) is 11.3 Å². The fourth-order valence-corrected chi connectivity index (χ4v) is 3.53. The summed E-state index contributed by atoms with van der Waals surface area (Å²) >= 11 is 1.24. The zero-order valence-electron chi connectivity index (χ0n) is 13.8. The summed E-state index contributed by atoms with van der Waals surface area (Å²) in [5.74, 6) is -0.442. The van der Waals surface area contributed by atoms with Crippen LogP contribution in [0, 0.1) is 0 Å². The molecule has 5 nitrogen and oxygen atoms in total. The minimum absolute atomic E-state index is 0.252. The lowest BCUT2D eigenvalue weighted by molar-refractivity contribution is -0.308. The molecule has 1 aliphatic rings. The third kappa shape index (κ3) is 4.32. The normalized spacial score (nSPS) is 15.6. The number of ether oxygens (including phenoxy) is 1. The highest BCUT2D eigenvalue weighted by Crippen LogP contribution is 2.36. The number of nitrogens with one attached hydrogen (secondary N) is 1. The molecule has 28 heavy (non-hydrogen) atoms. The first-order valence-corrected chi connectivity index (χ1v) is 8.65. The summed E-state index contributed by atoms with van der Waals surface area (Å²) in [6.07, 6.45) is -17.5. The van der Waals surface area contributed by atoms with Gasteiger partial charge in [0.15, 0.2) is 0 Å². The van der Waals surface area contributed by atoms with E-state index in [1.54, 1.807) is 12.1 Å². The highest BCUT2D eigenvalue weighted by Gasteiger charge is 2.60. The van der Waals surface area contributed by atoms with Crippen LogP contribution in [0.2, 0.25) is 0 Å². The van der Waals surface area contributed by atoms with Crippen molar-refractivity contribution in [3.63, 3.8) is 0 Å². The Kier molecular flexibility index (Phi) is 5.17. The number of thiophene rings is 1. The van der Waals surface area contributed by atoms with E-state index in [-0.39, 0.29) is 13.1 Å². The van der Waals surface area contributed by atoms with E-state index in [9.17, 15) is 35.9 Å². The van der Waals surface area contributed by atoms with Gasteiger partial charge in [0.2, 0.25) is 0 Å². The molecular formula is C16H12F6N2O3S. The number of carbonyl (C=O) groups excluding carboxylic acids is 2. The summed E-state index contributed by atoms with van der Waals surface area (Å²) < 4.78 is 79.0. The van der Waals surface area contributed by atoms with Gasteiger partial charge in [-0.1, -0.05) is 18.2 Å². The van der Waals surface area contributed by atoms with Gasteiger partial charge in [-0.2, -0.15) is 26.3 Å². The number of hydrogen-bond donors (Lipinski definition) is 1. The van der Waals surface area contributed by atoms with E-state index in [0.29, 0.717) is 9.78 Å². The Morgan fingerprint density at radius 1 is 1.11 bits per heavy atom. The predicted octanol–water partition coefficient (Wildman–Crippen LogP) is 3.95. The third-order valence-corrected chi connectivity index (χ3v) is 5.05. The minimum Gasteiger partial charge on any atom is -0.426 e. The number of halogens is 6. The first-order valence-electron chi connectivity index (χ1n) is 7.83. The molecule has 2 aromatic rings. The van der Waals surface area contributed by atoms with Gasteiger partial charge in [0.05, 0.1) is 10.9 Å². The van der Waals surface area contributed by atoms with Gasteiger partial charge in [0.1, 0.15) is 0 Å². The summed E-state index contributed by atoms with van der Waals surface area (Å²) in [7, 11) is 0. The standard InChI is InChI=1S/C16H12F6N2O3S/c17-15(18,19)13(16(20,21)22)27-14(26)24-6-9(7-24)23-12(25)11-5-8-3-1-2-4-10(8)28-11/h1-5,9,13H,6-7H2,(H,23,25). The van der Waals surface area contributed by atoms with Crippen molar-refractivity contribution in [3.05, 3.63) is 35.2 Å². The van der Waals surface area contributed by atoms with E-state index in [1.165, 1.54) is 11.3 Å². The van der Waals surface area contributed by atoms with Crippen molar-refractivity contribution >= 4 is 33.4 Å². The molecule has 3 rings (SSSR count). The van der Waals surface area contributed by atoms with Crippen LogP contribution < -0.4 is 5.32 Å². The van der Waals surface area contributed by atoms with Crippen LogP contribution in [0.25, 0.3) is 10.1 Å². The number of likely N-dealkylation sites (tertiary alicyclic amines) is 1. The molecule has 0 aliphatic carbocycles. The van der Waals surface area contributed by atoms with Crippen molar-refractivity contribution in [1.29, 1.82) is 0 Å². The monoisotopic (exact) mass is 426 g/mol. The molecule has 0 bridgehead atoms. The van der Waals surface area contributed by atoms with Crippen LogP contribution >= 0.6 is 11.3 Å². The van der Waals surface area contributed by atoms with Gasteiger partial charge < -0.3 is 15.0 Å². The SMILES string of the molecule is O=C(NC1CN(C(=O)OC(C(F)(F)F)C(F)(F)F)C1)c1cc2ccccc2s1. The van der Waals surface area contributed by atoms with E-state index in [4.69, 9.17) is 0 Å². The number of benzene rings is 1. The fraction of sp³-hybridized carbons (Fsp3) is 0.375. The number of fused-ring (bicyclic) bond motifs is 1. The Balaban J connectivity index is 1.53. The van der Waals surface area contributed by atoms with Crippen LogP contribution in [0.5, 0.6) is 0 Å². The van der Waals surface area contributed by atoms with Gasteiger partial charge in [-0.3, -0.25) is 4.79 Å². The van der Waals surface area contributed by atoms with Gasteiger partial charge in [0, 0.05) is 17.8 Å². The molecule has 12 heteroatoms. The zero-order valence-corrected chi connectivity index (χ0v) is 14.6. The second-order valence-corrected chi connectivity index (χ2v) is 7.15. The minimum atomic E-state index is -5.77. The van der Waals surface area contributed by atoms with Crippen molar-refractivity contribution < 1.29 is 40.7 Å². The average Bonchev–Trinajstić information content (AvgIpc) is 2.97. The summed E-state index contributed by atoms with van der Waals surface area (Å²) in [6.45, 7) is -0.504. The number of amides is 2. The molecule has 1 fully saturated rings. The van der Waals surface area contributed by atoms with Crippen LogP contribution in [-0.2, 0) is 4.74 Å². The van der Waals surface area contributed by atoms with Crippen molar-refractivity contribution in [2.24, 2.45) is 0 Å². The van der Waals surface area contributed by atoms with E-state index >= 15 is 0 Å². The molecule has 1 aromatic heterocycles. The van der Waals surface area contributed by atoms with Crippen LogP contribution in [0.4, 0.5) is 31.1 Å². The maximum Gasteiger partial charge on any atom is 0.434 e. The van der Waals surface area contributed by atoms with Crippen LogP contribution in [0.3, 0.4) is 0 Å².